The van der Waals surface area contributed by atoms with E-state index in [1.165, 1.54) is 6.33 Å². The third-order valence-corrected chi connectivity index (χ3v) is 1.98. The zero-order chi connectivity index (χ0) is 10.1. The molecule has 0 saturated carbocycles. The molecule has 0 bridgehead atoms. The smallest absolute Gasteiger partial charge is 0.167 e. The number of nitrogens with two attached hydrogens (primary N) is 2. The molecule has 0 radical (unpaired) electrons. The first-order valence-electron chi connectivity index (χ1n) is 4.10. The number of rotatable bonds is 2. The lowest BCUT2D eigenvalue weighted by molar-refractivity contribution is 0.462. The second kappa shape index (κ2) is 3.20. The Bertz CT molecular complexity index is 448. The highest BCUT2D eigenvalue weighted by atomic mass is 15.3. The SMILES string of the molecule is CNC(N)n1cnc2c(N)ncnc21. The average Bonchev–Trinajstić information content (AvgIpc) is 2.62. The summed E-state index contributed by atoms with van der Waals surface area (Å²) in [6.45, 7) is 0. The molecule has 14 heavy (non-hydrogen) atoms. The Balaban J connectivity index is 2.63. The fourth-order valence-corrected chi connectivity index (χ4v) is 1.21. The van der Waals surface area contributed by atoms with Crippen LogP contribution in [0.25, 0.3) is 11.2 Å². The number of anilines is 1. The monoisotopic (exact) mass is 193 g/mol. The van der Waals surface area contributed by atoms with Crippen molar-refractivity contribution in [2.45, 2.75) is 6.29 Å². The highest BCUT2D eigenvalue weighted by Gasteiger charge is 2.10. The summed E-state index contributed by atoms with van der Waals surface area (Å²) in [4.78, 5) is 12.0. The van der Waals surface area contributed by atoms with Gasteiger partial charge in [0, 0.05) is 0 Å². The Labute approximate surface area is 80.2 Å². The van der Waals surface area contributed by atoms with E-state index in [4.69, 9.17) is 11.5 Å². The van der Waals surface area contributed by atoms with Crippen LogP contribution in [0.3, 0.4) is 0 Å². The van der Waals surface area contributed by atoms with Crippen molar-refractivity contribution in [3.63, 3.8) is 0 Å². The second-order valence-corrected chi connectivity index (χ2v) is 2.82. The minimum Gasteiger partial charge on any atom is -0.382 e. The van der Waals surface area contributed by atoms with E-state index in [9.17, 15) is 0 Å². The molecule has 7 nitrogen and oxygen atoms in total. The zero-order valence-electron chi connectivity index (χ0n) is 7.68. The van der Waals surface area contributed by atoms with Crippen molar-refractivity contribution >= 4 is 17.0 Å². The van der Waals surface area contributed by atoms with Crippen molar-refractivity contribution in [1.82, 2.24) is 24.8 Å². The van der Waals surface area contributed by atoms with Crippen LogP contribution in [-0.4, -0.2) is 26.6 Å². The number of fused-ring (bicyclic) bond motifs is 1. The molecular weight excluding hydrogens is 182 g/mol. The molecule has 2 rings (SSSR count). The Kier molecular flexibility index (Phi) is 2.02. The molecule has 74 valence electrons. The first-order valence-corrected chi connectivity index (χ1v) is 4.10. The first-order chi connectivity index (χ1) is 6.74. The lowest BCUT2D eigenvalue weighted by Crippen LogP contribution is -2.30. The Morgan fingerprint density at radius 3 is 2.93 bits per heavy atom. The largest absolute Gasteiger partial charge is 0.382 e. The number of nitrogen functional groups attached to an aromatic ring is 1. The van der Waals surface area contributed by atoms with Gasteiger partial charge in [-0.3, -0.25) is 15.6 Å². The summed E-state index contributed by atoms with van der Waals surface area (Å²) in [5.74, 6) is 0.358. The van der Waals surface area contributed by atoms with E-state index in [2.05, 4.69) is 20.3 Å². The standard InChI is InChI=1S/C7H11N7/c1-10-7(9)14-3-13-4-5(8)11-2-12-6(4)14/h2-3,7,10H,9H2,1H3,(H2,8,11,12). The third kappa shape index (κ3) is 1.19. The minimum absolute atomic E-state index is 0.358. The zero-order valence-corrected chi connectivity index (χ0v) is 7.68. The van der Waals surface area contributed by atoms with Gasteiger partial charge >= 0.3 is 0 Å². The number of nitrogens with one attached hydrogen (secondary N) is 1. The van der Waals surface area contributed by atoms with Crippen molar-refractivity contribution in [2.24, 2.45) is 5.73 Å². The van der Waals surface area contributed by atoms with E-state index in [0.717, 1.165) is 0 Å². The molecule has 0 aliphatic carbocycles. The van der Waals surface area contributed by atoms with Crippen LogP contribution in [0, 0.1) is 0 Å². The molecule has 0 fully saturated rings. The first kappa shape index (κ1) is 8.85. The van der Waals surface area contributed by atoms with Crippen molar-refractivity contribution < 1.29 is 0 Å². The maximum atomic E-state index is 5.77. The lowest BCUT2D eigenvalue weighted by Gasteiger charge is -2.11. The topological polar surface area (TPSA) is 108 Å². The summed E-state index contributed by atoms with van der Waals surface area (Å²) >= 11 is 0. The summed E-state index contributed by atoms with van der Waals surface area (Å²) in [6.07, 6.45) is 2.60. The molecule has 5 N–H and O–H groups in total. The molecular formula is C7H11N7. The van der Waals surface area contributed by atoms with Gasteiger partial charge < -0.3 is 5.73 Å². The number of hydrogen-bond donors (Lipinski definition) is 3. The van der Waals surface area contributed by atoms with Gasteiger partial charge in [0.1, 0.15) is 18.1 Å². The van der Waals surface area contributed by atoms with E-state index in [1.807, 2.05) is 0 Å². The molecule has 0 spiro atoms. The predicted molar refractivity (Wildman–Crippen MR) is 52.0 cm³/mol. The molecule has 0 saturated heterocycles. The van der Waals surface area contributed by atoms with Gasteiger partial charge in [-0.05, 0) is 7.05 Å². The van der Waals surface area contributed by atoms with Gasteiger partial charge in [-0.25, -0.2) is 15.0 Å². The second-order valence-electron chi connectivity index (χ2n) is 2.82. The lowest BCUT2D eigenvalue weighted by atomic mass is 10.5. The van der Waals surface area contributed by atoms with Gasteiger partial charge in [-0.1, -0.05) is 0 Å². The van der Waals surface area contributed by atoms with Crippen LogP contribution < -0.4 is 16.8 Å². The van der Waals surface area contributed by atoms with E-state index >= 15 is 0 Å². The highest BCUT2D eigenvalue weighted by molar-refractivity contribution is 5.81. The normalized spacial score (nSPS) is 13.3. The Morgan fingerprint density at radius 2 is 2.21 bits per heavy atom. The van der Waals surface area contributed by atoms with Gasteiger partial charge in [0.25, 0.3) is 0 Å². The molecule has 2 aromatic heterocycles. The van der Waals surface area contributed by atoms with E-state index in [1.54, 1.807) is 17.9 Å². The fourth-order valence-electron chi connectivity index (χ4n) is 1.21. The summed E-state index contributed by atoms with van der Waals surface area (Å²) in [5, 5.41) is 2.88. The molecule has 0 aromatic carbocycles. The quantitative estimate of drug-likeness (QED) is 0.530. The Morgan fingerprint density at radius 1 is 1.43 bits per heavy atom. The molecule has 2 heterocycles. The molecule has 7 heteroatoms. The van der Waals surface area contributed by atoms with Crippen molar-refractivity contribution in [1.29, 1.82) is 0 Å². The number of aromatic nitrogens is 4. The van der Waals surface area contributed by atoms with E-state index in [-0.39, 0.29) is 6.29 Å². The average molecular weight is 193 g/mol. The van der Waals surface area contributed by atoms with Crippen LogP contribution >= 0.6 is 0 Å². The summed E-state index contributed by atoms with van der Waals surface area (Å²) in [7, 11) is 1.75. The van der Waals surface area contributed by atoms with Crippen molar-refractivity contribution in [3.8, 4) is 0 Å². The van der Waals surface area contributed by atoms with E-state index < -0.39 is 0 Å². The van der Waals surface area contributed by atoms with E-state index in [0.29, 0.717) is 17.0 Å². The van der Waals surface area contributed by atoms with Gasteiger partial charge in [0.15, 0.2) is 11.5 Å². The molecule has 1 unspecified atom stereocenters. The molecule has 0 aliphatic heterocycles. The van der Waals surface area contributed by atoms with Gasteiger partial charge in [-0.15, -0.1) is 0 Å². The van der Waals surface area contributed by atoms with Crippen molar-refractivity contribution in [2.75, 3.05) is 12.8 Å². The number of imidazole rings is 1. The molecule has 0 aliphatic rings. The van der Waals surface area contributed by atoms with Gasteiger partial charge in [0.2, 0.25) is 0 Å². The van der Waals surface area contributed by atoms with Crippen LogP contribution in [0.4, 0.5) is 5.82 Å². The fraction of sp³-hybridized carbons (Fsp3) is 0.286. The van der Waals surface area contributed by atoms with Crippen LogP contribution in [0.15, 0.2) is 12.7 Å². The van der Waals surface area contributed by atoms with Crippen LogP contribution in [0.2, 0.25) is 0 Å². The maximum Gasteiger partial charge on any atom is 0.167 e. The predicted octanol–water partition coefficient (Wildman–Crippen LogP) is -0.957. The van der Waals surface area contributed by atoms with Crippen LogP contribution in [0.5, 0.6) is 0 Å². The third-order valence-electron chi connectivity index (χ3n) is 1.98. The number of nitrogens with zero attached hydrogens (tertiary/aromatic N) is 4. The molecule has 1 atom stereocenters. The van der Waals surface area contributed by atoms with Crippen LogP contribution in [-0.2, 0) is 0 Å². The summed E-state index contributed by atoms with van der Waals surface area (Å²) in [6, 6.07) is 0. The molecule has 2 aromatic rings. The van der Waals surface area contributed by atoms with Gasteiger partial charge in [-0.2, -0.15) is 0 Å². The van der Waals surface area contributed by atoms with Gasteiger partial charge in [0.05, 0.1) is 6.33 Å². The minimum atomic E-state index is -0.366. The summed E-state index contributed by atoms with van der Waals surface area (Å²) < 4.78 is 1.69. The highest BCUT2D eigenvalue weighted by Crippen LogP contribution is 2.15. The number of hydrogen-bond acceptors (Lipinski definition) is 6. The van der Waals surface area contributed by atoms with Crippen molar-refractivity contribution in [3.05, 3.63) is 12.7 Å². The summed E-state index contributed by atoms with van der Waals surface area (Å²) in [5.41, 5.74) is 12.6. The van der Waals surface area contributed by atoms with Crippen LogP contribution in [0.1, 0.15) is 6.29 Å². The molecule has 0 amide bonds. The Hall–Kier alpha value is -1.73. The maximum absolute atomic E-state index is 5.77.